The summed E-state index contributed by atoms with van der Waals surface area (Å²) in [5, 5.41) is 3.46. The third kappa shape index (κ3) is 3.68. The lowest BCUT2D eigenvalue weighted by Gasteiger charge is -2.25. The topological polar surface area (TPSA) is 35.6 Å². The SMILES string of the molecule is CCN(CC)C(=O)C(C)NC1CC(C)N(C)C1. The largest absolute Gasteiger partial charge is 0.342 e. The molecule has 1 N–H and O–H groups in total. The second-order valence-corrected chi connectivity index (χ2v) is 5.12. The van der Waals surface area contributed by atoms with E-state index < -0.39 is 0 Å². The predicted octanol–water partition coefficient (Wildman–Crippen LogP) is 0.926. The molecule has 1 saturated heterocycles. The molecule has 17 heavy (non-hydrogen) atoms. The summed E-state index contributed by atoms with van der Waals surface area (Å²) in [6.45, 7) is 10.9. The molecule has 100 valence electrons. The van der Waals surface area contributed by atoms with Crippen molar-refractivity contribution in [2.45, 2.75) is 52.2 Å². The molecule has 1 aliphatic rings. The number of carbonyl (C=O) groups is 1. The Bertz CT molecular complexity index is 243. The third-order valence-electron chi connectivity index (χ3n) is 3.82. The van der Waals surface area contributed by atoms with E-state index in [1.807, 2.05) is 25.7 Å². The third-order valence-corrected chi connectivity index (χ3v) is 3.82. The molecule has 4 heteroatoms. The summed E-state index contributed by atoms with van der Waals surface area (Å²) in [6, 6.07) is 0.992. The number of rotatable bonds is 5. The normalized spacial score (nSPS) is 27.1. The molecule has 3 atom stereocenters. The number of hydrogen-bond acceptors (Lipinski definition) is 3. The maximum atomic E-state index is 12.1. The van der Waals surface area contributed by atoms with Crippen LogP contribution in [0.25, 0.3) is 0 Å². The number of nitrogens with one attached hydrogen (secondary N) is 1. The van der Waals surface area contributed by atoms with Crippen molar-refractivity contribution in [3.05, 3.63) is 0 Å². The monoisotopic (exact) mass is 241 g/mol. The molecular formula is C13H27N3O. The zero-order chi connectivity index (χ0) is 13.0. The van der Waals surface area contributed by atoms with Crippen LogP contribution in [0.2, 0.25) is 0 Å². The van der Waals surface area contributed by atoms with Crippen LogP contribution < -0.4 is 5.32 Å². The Morgan fingerprint density at radius 1 is 1.47 bits per heavy atom. The van der Waals surface area contributed by atoms with Crippen molar-refractivity contribution in [3.8, 4) is 0 Å². The first-order valence-corrected chi connectivity index (χ1v) is 6.74. The fourth-order valence-corrected chi connectivity index (χ4v) is 2.55. The number of nitrogens with zero attached hydrogens (tertiary/aromatic N) is 2. The highest BCUT2D eigenvalue weighted by Gasteiger charge is 2.29. The van der Waals surface area contributed by atoms with Gasteiger partial charge in [-0.25, -0.2) is 0 Å². The van der Waals surface area contributed by atoms with E-state index in [0.717, 1.165) is 26.1 Å². The maximum Gasteiger partial charge on any atom is 0.239 e. The minimum Gasteiger partial charge on any atom is -0.342 e. The van der Waals surface area contributed by atoms with Gasteiger partial charge >= 0.3 is 0 Å². The van der Waals surface area contributed by atoms with Gasteiger partial charge in [-0.05, 0) is 41.2 Å². The highest BCUT2D eigenvalue weighted by molar-refractivity contribution is 5.81. The molecule has 0 aromatic carbocycles. The summed E-state index contributed by atoms with van der Waals surface area (Å²) >= 11 is 0. The molecule has 3 unspecified atom stereocenters. The van der Waals surface area contributed by atoms with Crippen LogP contribution in [0, 0.1) is 0 Å². The van der Waals surface area contributed by atoms with Crippen molar-refractivity contribution in [1.29, 1.82) is 0 Å². The molecular weight excluding hydrogens is 214 g/mol. The van der Waals surface area contributed by atoms with E-state index in [4.69, 9.17) is 0 Å². The van der Waals surface area contributed by atoms with Gasteiger partial charge in [0.2, 0.25) is 5.91 Å². The van der Waals surface area contributed by atoms with Crippen molar-refractivity contribution < 1.29 is 4.79 Å². The Morgan fingerprint density at radius 3 is 2.47 bits per heavy atom. The van der Waals surface area contributed by atoms with Crippen molar-refractivity contribution in [2.24, 2.45) is 0 Å². The number of likely N-dealkylation sites (tertiary alicyclic amines) is 1. The second-order valence-electron chi connectivity index (χ2n) is 5.12. The van der Waals surface area contributed by atoms with E-state index in [1.165, 1.54) is 0 Å². The van der Waals surface area contributed by atoms with Crippen LogP contribution in [0.5, 0.6) is 0 Å². The first kappa shape index (κ1) is 14.5. The smallest absolute Gasteiger partial charge is 0.239 e. The van der Waals surface area contributed by atoms with Crippen LogP contribution in [0.4, 0.5) is 0 Å². The van der Waals surface area contributed by atoms with Crippen LogP contribution in [-0.4, -0.2) is 60.5 Å². The Labute approximate surface area is 105 Å². The van der Waals surface area contributed by atoms with E-state index in [9.17, 15) is 4.79 Å². The zero-order valence-electron chi connectivity index (χ0n) is 11.9. The summed E-state index contributed by atoms with van der Waals surface area (Å²) in [5.74, 6) is 0.220. The Hall–Kier alpha value is -0.610. The van der Waals surface area contributed by atoms with Crippen molar-refractivity contribution in [2.75, 3.05) is 26.7 Å². The van der Waals surface area contributed by atoms with Gasteiger partial charge in [-0.15, -0.1) is 0 Å². The van der Waals surface area contributed by atoms with E-state index in [0.29, 0.717) is 12.1 Å². The maximum absolute atomic E-state index is 12.1. The van der Waals surface area contributed by atoms with Crippen molar-refractivity contribution in [1.82, 2.24) is 15.1 Å². The van der Waals surface area contributed by atoms with Crippen LogP contribution in [0.3, 0.4) is 0 Å². The molecule has 0 radical (unpaired) electrons. The zero-order valence-corrected chi connectivity index (χ0v) is 11.9. The van der Waals surface area contributed by atoms with Gasteiger partial charge in [0.05, 0.1) is 6.04 Å². The first-order valence-electron chi connectivity index (χ1n) is 6.74. The molecule has 1 heterocycles. The Balaban J connectivity index is 2.44. The number of amides is 1. The van der Waals surface area contributed by atoms with Gasteiger partial charge in [-0.3, -0.25) is 4.79 Å². The van der Waals surface area contributed by atoms with Gasteiger partial charge in [-0.1, -0.05) is 0 Å². The number of carbonyl (C=O) groups excluding carboxylic acids is 1. The average Bonchev–Trinajstić information content (AvgIpc) is 2.59. The van der Waals surface area contributed by atoms with Gasteiger partial charge in [0.25, 0.3) is 0 Å². The highest BCUT2D eigenvalue weighted by Crippen LogP contribution is 2.15. The lowest BCUT2D eigenvalue weighted by atomic mass is 10.1. The minimum absolute atomic E-state index is 0.0707. The van der Waals surface area contributed by atoms with Gasteiger partial charge in [0, 0.05) is 31.7 Å². The van der Waals surface area contributed by atoms with E-state index >= 15 is 0 Å². The lowest BCUT2D eigenvalue weighted by molar-refractivity contribution is -0.132. The Morgan fingerprint density at radius 2 is 2.06 bits per heavy atom. The standard InChI is InChI=1S/C13H27N3O/c1-6-16(7-2)13(17)11(4)14-12-8-10(3)15(5)9-12/h10-12,14H,6-9H2,1-5H3. The van der Waals surface area contributed by atoms with Crippen LogP contribution in [-0.2, 0) is 4.79 Å². The van der Waals surface area contributed by atoms with E-state index in [-0.39, 0.29) is 11.9 Å². The molecule has 0 aromatic heterocycles. The quantitative estimate of drug-likeness (QED) is 0.777. The van der Waals surface area contributed by atoms with Gasteiger partial charge in [-0.2, -0.15) is 0 Å². The van der Waals surface area contributed by atoms with Crippen LogP contribution in [0.15, 0.2) is 0 Å². The molecule has 1 aliphatic heterocycles. The second kappa shape index (κ2) is 6.36. The molecule has 0 bridgehead atoms. The molecule has 4 nitrogen and oxygen atoms in total. The van der Waals surface area contributed by atoms with Crippen molar-refractivity contribution in [3.63, 3.8) is 0 Å². The number of likely N-dealkylation sites (N-methyl/N-ethyl adjacent to an activating group) is 2. The van der Waals surface area contributed by atoms with Crippen LogP contribution >= 0.6 is 0 Å². The van der Waals surface area contributed by atoms with Gasteiger partial charge in [0.15, 0.2) is 0 Å². The fourth-order valence-electron chi connectivity index (χ4n) is 2.55. The fraction of sp³-hybridized carbons (Fsp3) is 0.923. The predicted molar refractivity (Wildman–Crippen MR) is 71.0 cm³/mol. The van der Waals surface area contributed by atoms with E-state index in [2.05, 4.69) is 24.2 Å². The van der Waals surface area contributed by atoms with Crippen molar-refractivity contribution >= 4 is 5.91 Å². The molecule has 0 saturated carbocycles. The summed E-state index contributed by atoms with van der Waals surface area (Å²) < 4.78 is 0. The summed E-state index contributed by atoms with van der Waals surface area (Å²) in [5.41, 5.74) is 0. The molecule has 1 amide bonds. The highest BCUT2D eigenvalue weighted by atomic mass is 16.2. The lowest BCUT2D eigenvalue weighted by Crippen LogP contribution is -2.48. The molecule has 0 aliphatic carbocycles. The van der Waals surface area contributed by atoms with E-state index in [1.54, 1.807) is 0 Å². The minimum atomic E-state index is -0.0707. The Kier molecular flexibility index (Phi) is 5.40. The number of hydrogen-bond donors (Lipinski definition) is 1. The van der Waals surface area contributed by atoms with Crippen LogP contribution in [0.1, 0.15) is 34.1 Å². The first-order chi connectivity index (χ1) is 7.99. The molecule has 1 fully saturated rings. The van der Waals surface area contributed by atoms with Gasteiger partial charge < -0.3 is 15.1 Å². The summed E-state index contributed by atoms with van der Waals surface area (Å²) in [6.07, 6.45) is 1.13. The molecule has 1 rings (SSSR count). The molecule has 0 spiro atoms. The summed E-state index contributed by atoms with van der Waals surface area (Å²) in [4.78, 5) is 16.3. The average molecular weight is 241 g/mol. The molecule has 0 aromatic rings. The van der Waals surface area contributed by atoms with Gasteiger partial charge in [0.1, 0.15) is 0 Å². The summed E-state index contributed by atoms with van der Waals surface area (Å²) in [7, 11) is 2.14.